The highest BCUT2D eigenvalue weighted by atomic mass is 16.5. The monoisotopic (exact) mass is 261 g/mol. The molecule has 0 aliphatic heterocycles. The van der Waals surface area contributed by atoms with Gasteiger partial charge in [0.15, 0.2) is 0 Å². The smallest absolute Gasteiger partial charge is 0.123 e. The summed E-state index contributed by atoms with van der Waals surface area (Å²) in [6.45, 7) is 8.54. The Morgan fingerprint density at radius 3 is 2.84 bits per heavy atom. The molecule has 1 aromatic carbocycles. The van der Waals surface area contributed by atoms with Gasteiger partial charge in [0.05, 0.1) is 6.61 Å². The summed E-state index contributed by atoms with van der Waals surface area (Å²) in [7, 11) is 0. The molecule has 1 N–H and O–H groups in total. The summed E-state index contributed by atoms with van der Waals surface area (Å²) in [6.07, 6.45) is 4.95. The molecule has 1 fully saturated rings. The molecule has 0 radical (unpaired) electrons. The number of benzene rings is 1. The summed E-state index contributed by atoms with van der Waals surface area (Å²) in [5.74, 6) is 1.07. The zero-order valence-electron chi connectivity index (χ0n) is 12.5. The van der Waals surface area contributed by atoms with Crippen LogP contribution >= 0.6 is 0 Å². The van der Waals surface area contributed by atoms with Crippen LogP contribution in [0.15, 0.2) is 24.3 Å². The summed E-state index contributed by atoms with van der Waals surface area (Å²) >= 11 is 0. The first-order valence-corrected chi connectivity index (χ1v) is 7.65. The van der Waals surface area contributed by atoms with E-state index in [0.29, 0.717) is 6.04 Å². The molecule has 0 bridgehead atoms. The highest BCUT2D eigenvalue weighted by molar-refractivity contribution is 5.40. The molecule has 1 aromatic rings. The zero-order chi connectivity index (χ0) is 13.7. The van der Waals surface area contributed by atoms with E-state index < -0.39 is 0 Å². The summed E-state index contributed by atoms with van der Waals surface area (Å²) in [5, 5.41) is 3.67. The van der Waals surface area contributed by atoms with E-state index in [1.165, 1.54) is 31.2 Å². The third-order valence-corrected chi connectivity index (χ3v) is 4.26. The molecule has 19 heavy (non-hydrogen) atoms. The first-order valence-electron chi connectivity index (χ1n) is 7.65. The molecule has 0 heterocycles. The molecule has 2 rings (SSSR count). The zero-order valence-corrected chi connectivity index (χ0v) is 12.5. The predicted molar refractivity (Wildman–Crippen MR) is 80.9 cm³/mol. The molecule has 0 amide bonds. The molecule has 2 unspecified atom stereocenters. The molecular weight excluding hydrogens is 234 g/mol. The van der Waals surface area contributed by atoms with Gasteiger partial charge in [0.1, 0.15) is 5.75 Å². The standard InChI is InChI=1S/C17H27NO/c1-4-12-18-14-10-11-17(3,13-14)15-8-6-7-9-16(15)19-5-2/h6-9,14,18H,4-5,10-13H2,1-3H3. The van der Waals surface area contributed by atoms with Crippen LogP contribution in [0, 0.1) is 0 Å². The Morgan fingerprint density at radius 2 is 2.11 bits per heavy atom. The Morgan fingerprint density at radius 1 is 1.32 bits per heavy atom. The van der Waals surface area contributed by atoms with Crippen LogP contribution < -0.4 is 10.1 Å². The van der Waals surface area contributed by atoms with E-state index in [-0.39, 0.29) is 5.41 Å². The van der Waals surface area contributed by atoms with E-state index in [9.17, 15) is 0 Å². The molecule has 0 aromatic heterocycles. The van der Waals surface area contributed by atoms with E-state index in [4.69, 9.17) is 4.74 Å². The van der Waals surface area contributed by atoms with Gasteiger partial charge < -0.3 is 10.1 Å². The average Bonchev–Trinajstić information content (AvgIpc) is 2.80. The van der Waals surface area contributed by atoms with E-state index in [0.717, 1.165) is 18.9 Å². The van der Waals surface area contributed by atoms with Gasteiger partial charge in [-0.05, 0) is 50.6 Å². The average molecular weight is 261 g/mol. The molecular formula is C17H27NO. The lowest BCUT2D eigenvalue weighted by molar-refractivity contribution is 0.324. The van der Waals surface area contributed by atoms with Crippen LogP contribution in [0.3, 0.4) is 0 Å². The van der Waals surface area contributed by atoms with E-state index in [1.54, 1.807) is 0 Å². The van der Waals surface area contributed by atoms with E-state index >= 15 is 0 Å². The fraction of sp³-hybridized carbons (Fsp3) is 0.647. The fourth-order valence-corrected chi connectivity index (χ4v) is 3.25. The number of hydrogen-bond acceptors (Lipinski definition) is 2. The van der Waals surface area contributed by atoms with E-state index in [1.807, 2.05) is 0 Å². The van der Waals surface area contributed by atoms with Gasteiger partial charge in [-0.1, -0.05) is 32.0 Å². The van der Waals surface area contributed by atoms with Crippen molar-refractivity contribution in [2.45, 2.75) is 57.9 Å². The lowest BCUT2D eigenvalue weighted by Crippen LogP contribution is -2.29. The molecule has 0 saturated heterocycles. The largest absolute Gasteiger partial charge is 0.494 e. The lowest BCUT2D eigenvalue weighted by atomic mass is 9.80. The minimum atomic E-state index is 0.261. The highest BCUT2D eigenvalue weighted by Crippen LogP contribution is 2.44. The highest BCUT2D eigenvalue weighted by Gasteiger charge is 2.37. The number of nitrogens with one attached hydrogen (secondary N) is 1. The minimum Gasteiger partial charge on any atom is -0.494 e. The van der Waals surface area contributed by atoms with Crippen LogP contribution in [0.2, 0.25) is 0 Å². The van der Waals surface area contributed by atoms with Gasteiger partial charge >= 0.3 is 0 Å². The Hall–Kier alpha value is -1.02. The maximum Gasteiger partial charge on any atom is 0.123 e. The van der Waals surface area contributed by atoms with Crippen molar-refractivity contribution in [3.05, 3.63) is 29.8 Å². The van der Waals surface area contributed by atoms with Gasteiger partial charge in [0.25, 0.3) is 0 Å². The number of hydrogen-bond donors (Lipinski definition) is 1. The molecule has 2 atom stereocenters. The van der Waals surface area contributed by atoms with Crippen molar-refractivity contribution in [3.8, 4) is 5.75 Å². The molecule has 1 aliphatic rings. The molecule has 106 valence electrons. The maximum absolute atomic E-state index is 5.81. The van der Waals surface area contributed by atoms with Crippen LogP contribution in [0.25, 0.3) is 0 Å². The summed E-state index contributed by atoms with van der Waals surface area (Å²) in [4.78, 5) is 0. The molecule has 1 saturated carbocycles. The van der Waals surface area contributed by atoms with Crippen molar-refractivity contribution in [2.24, 2.45) is 0 Å². The number of para-hydroxylation sites is 1. The SMILES string of the molecule is CCCNC1CCC(C)(c2ccccc2OCC)C1. The number of ether oxygens (including phenoxy) is 1. The first-order chi connectivity index (χ1) is 9.19. The second kappa shape index (κ2) is 6.42. The van der Waals surface area contributed by atoms with Gasteiger partial charge in [-0.2, -0.15) is 0 Å². The predicted octanol–water partition coefficient (Wildman–Crippen LogP) is 3.90. The van der Waals surface area contributed by atoms with Crippen LogP contribution in [-0.2, 0) is 5.41 Å². The second-order valence-corrected chi connectivity index (χ2v) is 5.88. The van der Waals surface area contributed by atoms with Crippen LogP contribution in [0.4, 0.5) is 0 Å². The third kappa shape index (κ3) is 3.30. The Balaban J connectivity index is 2.12. The minimum absolute atomic E-state index is 0.261. The van der Waals surface area contributed by atoms with E-state index in [2.05, 4.69) is 50.4 Å². The van der Waals surface area contributed by atoms with Crippen molar-refractivity contribution in [1.29, 1.82) is 0 Å². The summed E-state index contributed by atoms with van der Waals surface area (Å²) in [6, 6.07) is 9.22. The molecule has 2 nitrogen and oxygen atoms in total. The van der Waals surface area contributed by atoms with Crippen molar-refractivity contribution in [1.82, 2.24) is 5.32 Å². The van der Waals surface area contributed by atoms with Gasteiger partial charge in [-0.25, -0.2) is 0 Å². The Labute approximate surface area is 117 Å². The van der Waals surface area contributed by atoms with Crippen molar-refractivity contribution >= 4 is 0 Å². The van der Waals surface area contributed by atoms with Crippen LogP contribution in [0.1, 0.15) is 52.0 Å². The second-order valence-electron chi connectivity index (χ2n) is 5.88. The van der Waals surface area contributed by atoms with Crippen molar-refractivity contribution < 1.29 is 4.74 Å². The first kappa shape index (κ1) is 14.4. The van der Waals surface area contributed by atoms with Crippen LogP contribution in [0.5, 0.6) is 5.75 Å². The summed E-state index contributed by atoms with van der Waals surface area (Å²) < 4.78 is 5.81. The number of rotatable bonds is 6. The normalized spacial score (nSPS) is 26.6. The van der Waals surface area contributed by atoms with Crippen molar-refractivity contribution in [3.63, 3.8) is 0 Å². The Kier molecular flexibility index (Phi) is 4.87. The molecule has 2 heteroatoms. The van der Waals surface area contributed by atoms with Gasteiger partial charge in [0.2, 0.25) is 0 Å². The lowest BCUT2D eigenvalue weighted by Gasteiger charge is -2.27. The summed E-state index contributed by atoms with van der Waals surface area (Å²) in [5.41, 5.74) is 1.65. The molecule has 1 aliphatic carbocycles. The molecule has 0 spiro atoms. The van der Waals surface area contributed by atoms with Crippen molar-refractivity contribution in [2.75, 3.05) is 13.2 Å². The van der Waals surface area contributed by atoms with Gasteiger partial charge in [0, 0.05) is 11.6 Å². The topological polar surface area (TPSA) is 21.3 Å². The Bertz CT molecular complexity index is 404. The van der Waals surface area contributed by atoms with Crippen LogP contribution in [-0.4, -0.2) is 19.2 Å². The van der Waals surface area contributed by atoms with Gasteiger partial charge in [-0.15, -0.1) is 0 Å². The third-order valence-electron chi connectivity index (χ3n) is 4.26. The fourth-order valence-electron chi connectivity index (χ4n) is 3.25. The maximum atomic E-state index is 5.81. The van der Waals surface area contributed by atoms with Gasteiger partial charge in [-0.3, -0.25) is 0 Å². The quantitative estimate of drug-likeness (QED) is 0.838.